The van der Waals surface area contributed by atoms with Gasteiger partial charge in [0, 0.05) is 19.4 Å². The summed E-state index contributed by atoms with van der Waals surface area (Å²) < 4.78 is 5.17. The van der Waals surface area contributed by atoms with Crippen molar-refractivity contribution in [3.05, 3.63) is 36.2 Å². The number of likely N-dealkylation sites (N-methyl/N-ethyl adjacent to an activating group) is 1. The van der Waals surface area contributed by atoms with Crippen molar-refractivity contribution in [3.8, 4) is 0 Å². The summed E-state index contributed by atoms with van der Waals surface area (Å²) in [5.74, 6) is -0.273. The molecule has 1 aromatic heterocycles. The molecule has 2 N–H and O–H groups in total. The van der Waals surface area contributed by atoms with Crippen molar-refractivity contribution in [1.82, 2.24) is 15.6 Å². The fourth-order valence-electron chi connectivity index (χ4n) is 1.67. The molecule has 1 unspecified atom stereocenters. The van der Waals surface area contributed by atoms with E-state index in [0.717, 1.165) is 5.56 Å². The lowest BCUT2D eigenvalue weighted by Crippen LogP contribution is -2.47. The average Bonchev–Trinajstić information content (AvgIpc) is 2.44. The molecule has 1 atom stereocenters. The van der Waals surface area contributed by atoms with Crippen LogP contribution in [0.1, 0.15) is 32.8 Å². The molecule has 1 aromatic rings. The topological polar surface area (TPSA) is 80.3 Å². The van der Waals surface area contributed by atoms with Gasteiger partial charge in [0.2, 0.25) is 5.91 Å². The van der Waals surface area contributed by atoms with Gasteiger partial charge in [0.15, 0.2) is 0 Å². The third kappa shape index (κ3) is 6.88. The van der Waals surface area contributed by atoms with Gasteiger partial charge >= 0.3 is 6.09 Å². The van der Waals surface area contributed by atoms with Gasteiger partial charge in [-0.2, -0.15) is 0 Å². The molecule has 6 nitrogen and oxygen atoms in total. The first kappa shape index (κ1) is 17.7. The number of nitrogens with zero attached hydrogens (tertiary/aromatic N) is 1. The van der Waals surface area contributed by atoms with Gasteiger partial charge in [0.25, 0.3) is 0 Å². The molecule has 0 radical (unpaired) electrons. The van der Waals surface area contributed by atoms with E-state index in [-0.39, 0.29) is 5.91 Å². The van der Waals surface area contributed by atoms with E-state index in [1.54, 1.807) is 33.2 Å². The number of ether oxygens (including phenoxy) is 1. The van der Waals surface area contributed by atoms with Crippen LogP contribution in [0.4, 0.5) is 4.79 Å². The van der Waals surface area contributed by atoms with Crippen LogP contribution in [0.25, 0.3) is 6.08 Å². The number of nitrogens with one attached hydrogen (secondary N) is 2. The molecule has 2 amide bonds. The van der Waals surface area contributed by atoms with Crippen LogP contribution in [0.5, 0.6) is 0 Å². The number of amides is 2. The Morgan fingerprint density at radius 2 is 1.95 bits per heavy atom. The highest BCUT2D eigenvalue weighted by Gasteiger charge is 2.22. The van der Waals surface area contributed by atoms with Gasteiger partial charge in [-0.3, -0.25) is 9.78 Å². The molecule has 0 aromatic carbocycles. The average molecular weight is 305 g/mol. The summed E-state index contributed by atoms with van der Waals surface area (Å²) in [6.07, 6.45) is 6.82. The normalized spacial score (nSPS) is 12.7. The number of aromatic nitrogens is 1. The van der Waals surface area contributed by atoms with Crippen molar-refractivity contribution in [1.29, 1.82) is 0 Å². The first-order chi connectivity index (χ1) is 10.3. The summed E-state index contributed by atoms with van der Waals surface area (Å²) in [4.78, 5) is 27.5. The van der Waals surface area contributed by atoms with E-state index in [4.69, 9.17) is 4.74 Å². The summed E-state index contributed by atoms with van der Waals surface area (Å²) in [7, 11) is 1.53. The van der Waals surface area contributed by atoms with E-state index in [9.17, 15) is 9.59 Å². The first-order valence-corrected chi connectivity index (χ1v) is 7.09. The Hall–Kier alpha value is -2.37. The summed E-state index contributed by atoms with van der Waals surface area (Å²) >= 11 is 0. The molecule has 0 spiro atoms. The second-order valence-corrected chi connectivity index (χ2v) is 5.73. The van der Waals surface area contributed by atoms with Crippen molar-refractivity contribution in [2.45, 2.75) is 38.8 Å². The molecule has 0 saturated carbocycles. The van der Waals surface area contributed by atoms with Crippen molar-refractivity contribution < 1.29 is 14.3 Å². The predicted octanol–water partition coefficient (Wildman–Crippen LogP) is 2.12. The Labute approximate surface area is 131 Å². The number of pyridine rings is 1. The van der Waals surface area contributed by atoms with Gasteiger partial charge in [-0.15, -0.1) is 0 Å². The van der Waals surface area contributed by atoms with Gasteiger partial charge < -0.3 is 15.4 Å². The van der Waals surface area contributed by atoms with Crippen LogP contribution in [-0.4, -0.2) is 35.7 Å². The lowest BCUT2D eigenvalue weighted by molar-refractivity contribution is -0.122. The minimum atomic E-state index is -0.682. The second-order valence-electron chi connectivity index (χ2n) is 5.73. The number of carbonyl (C=O) groups excluding carboxylic acids is 2. The molecule has 0 fully saturated rings. The zero-order valence-electron chi connectivity index (χ0n) is 13.4. The van der Waals surface area contributed by atoms with Crippen LogP contribution in [0.15, 0.2) is 30.6 Å². The summed E-state index contributed by atoms with van der Waals surface area (Å²) in [5.41, 5.74) is 0.368. The number of hydrogen-bond acceptors (Lipinski definition) is 4. The van der Waals surface area contributed by atoms with Gasteiger partial charge in [-0.05, 0) is 44.9 Å². The molecule has 120 valence electrons. The molecule has 1 rings (SSSR count). The molecular weight excluding hydrogens is 282 g/mol. The molecule has 0 aliphatic heterocycles. The fraction of sp³-hybridized carbons (Fsp3) is 0.438. The van der Waals surface area contributed by atoms with Crippen molar-refractivity contribution in [3.63, 3.8) is 0 Å². The number of carbonyl (C=O) groups is 2. The van der Waals surface area contributed by atoms with Crippen molar-refractivity contribution in [2.75, 3.05) is 7.05 Å². The van der Waals surface area contributed by atoms with Crippen LogP contribution < -0.4 is 10.6 Å². The lowest BCUT2D eigenvalue weighted by atomic mass is 10.1. The van der Waals surface area contributed by atoms with Gasteiger partial charge in [0.1, 0.15) is 11.6 Å². The molecule has 22 heavy (non-hydrogen) atoms. The standard InChI is InChI=1S/C16H23N3O3/c1-16(2,3)22-15(21)19-13(14(20)17-4)7-5-6-12-8-10-18-11-9-12/h5-6,8-11,13H,7H2,1-4H3,(H,17,20)(H,19,21)/b6-5+. The maximum atomic E-state index is 11.8. The fourth-order valence-corrected chi connectivity index (χ4v) is 1.67. The largest absolute Gasteiger partial charge is 0.444 e. The monoisotopic (exact) mass is 305 g/mol. The number of rotatable bonds is 5. The minimum absolute atomic E-state index is 0.273. The van der Waals surface area contributed by atoms with Crippen molar-refractivity contribution in [2.24, 2.45) is 0 Å². The van der Waals surface area contributed by atoms with Crippen LogP contribution >= 0.6 is 0 Å². The van der Waals surface area contributed by atoms with Crippen LogP contribution in [0.3, 0.4) is 0 Å². The Morgan fingerprint density at radius 1 is 1.32 bits per heavy atom. The molecule has 6 heteroatoms. The highest BCUT2D eigenvalue weighted by Crippen LogP contribution is 2.08. The number of hydrogen-bond donors (Lipinski definition) is 2. The number of alkyl carbamates (subject to hydrolysis) is 1. The van der Waals surface area contributed by atoms with E-state index in [1.807, 2.05) is 24.3 Å². The SMILES string of the molecule is CNC(=O)C(C/C=C/c1ccncc1)NC(=O)OC(C)(C)C. The lowest BCUT2D eigenvalue weighted by Gasteiger charge is -2.22. The maximum Gasteiger partial charge on any atom is 0.408 e. The zero-order chi connectivity index (χ0) is 16.6. The Kier molecular flexibility index (Phi) is 6.56. The highest BCUT2D eigenvalue weighted by molar-refractivity contribution is 5.85. The summed E-state index contributed by atoms with van der Waals surface area (Å²) in [6, 6.07) is 3.03. The highest BCUT2D eigenvalue weighted by atomic mass is 16.6. The predicted molar refractivity (Wildman–Crippen MR) is 85.1 cm³/mol. The zero-order valence-corrected chi connectivity index (χ0v) is 13.4. The molecule has 1 heterocycles. The molecule has 0 bridgehead atoms. The van der Waals surface area contributed by atoms with Crippen LogP contribution in [0, 0.1) is 0 Å². The van der Waals surface area contributed by atoms with Gasteiger partial charge in [-0.25, -0.2) is 4.79 Å². The quantitative estimate of drug-likeness (QED) is 0.873. The molecule has 0 aliphatic carbocycles. The van der Waals surface area contributed by atoms with E-state index < -0.39 is 17.7 Å². The van der Waals surface area contributed by atoms with Crippen LogP contribution in [-0.2, 0) is 9.53 Å². The van der Waals surface area contributed by atoms with E-state index >= 15 is 0 Å². The second kappa shape index (κ2) is 8.17. The van der Waals surface area contributed by atoms with Crippen LogP contribution in [0.2, 0.25) is 0 Å². The smallest absolute Gasteiger partial charge is 0.408 e. The Balaban J connectivity index is 2.63. The molecule has 0 saturated heterocycles. The van der Waals surface area contributed by atoms with Gasteiger partial charge in [-0.1, -0.05) is 12.2 Å². The Morgan fingerprint density at radius 3 is 2.50 bits per heavy atom. The van der Waals surface area contributed by atoms with E-state index in [2.05, 4.69) is 15.6 Å². The van der Waals surface area contributed by atoms with Gasteiger partial charge in [0.05, 0.1) is 0 Å². The third-order valence-electron chi connectivity index (χ3n) is 2.64. The summed E-state index contributed by atoms with van der Waals surface area (Å²) in [5, 5.41) is 5.10. The van der Waals surface area contributed by atoms with Crippen molar-refractivity contribution >= 4 is 18.1 Å². The molecular formula is C16H23N3O3. The maximum absolute atomic E-state index is 11.8. The first-order valence-electron chi connectivity index (χ1n) is 7.09. The Bertz CT molecular complexity index is 521. The minimum Gasteiger partial charge on any atom is -0.444 e. The molecule has 0 aliphatic rings. The van der Waals surface area contributed by atoms with E-state index in [1.165, 1.54) is 7.05 Å². The summed E-state index contributed by atoms with van der Waals surface area (Å²) in [6.45, 7) is 5.31. The third-order valence-corrected chi connectivity index (χ3v) is 2.64. The van der Waals surface area contributed by atoms with E-state index in [0.29, 0.717) is 6.42 Å².